The van der Waals surface area contributed by atoms with Gasteiger partial charge in [0.25, 0.3) is 0 Å². The molecule has 0 aromatic heterocycles. The maximum Gasteiger partial charge on any atom is 0.250 e. The van der Waals surface area contributed by atoms with Gasteiger partial charge in [-0.3, -0.25) is 24.6 Å². The molecule has 6 rings (SSSR count). The summed E-state index contributed by atoms with van der Waals surface area (Å²) in [6, 6.07) is 9.78. The first-order chi connectivity index (χ1) is 17.3. The molecule has 1 saturated carbocycles. The Hall–Kier alpha value is -3.39. The number of nitrogens with one attached hydrogen (secondary N) is 2. The highest BCUT2D eigenvalue weighted by atomic mass is 16.3. The molecule has 0 unspecified atom stereocenters. The number of phenolic OH excluding ortho intramolecular Hbond substituents is 2. The highest BCUT2D eigenvalue weighted by Gasteiger charge is 2.70. The van der Waals surface area contributed by atoms with Crippen molar-refractivity contribution in [3.05, 3.63) is 53.1 Å². The summed E-state index contributed by atoms with van der Waals surface area (Å²) in [6.45, 7) is 2.04. The third-order valence-corrected chi connectivity index (χ3v) is 8.66. The molecule has 8 heteroatoms. The first kappa shape index (κ1) is 23.0. The molecule has 3 aliphatic heterocycles. The molecule has 4 N–H and O–H groups in total. The van der Waals surface area contributed by atoms with Crippen molar-refractivity contribution in [2.75, 3.05) is 5.32 Å². The molecule has 4 atom stereocenters. The average Bonchev–Trinajstić information content (AvgIpc) is 3.46. The van der Waals surface area contributed by atoms with Crippen LogP contribution in [0, 0.1) is 11.8 Å². The Morgan fingerprint density at radius 1 is 0.944 bits per heavy atom. The van der Waals surface area contributed by atoms with Crippen molar-refractivity contribution in [3.63, 3.8) is 0 Å². The zero-order chi connectivity index (χ0) is 25.2. The fraction of sp³-hybridized carbons (Fsp3) is 0.464. The molecule has 3 amide bonds. The van der Waals surface area contributed by atoms with Crippen LogP contribution in [-0.2, 0) is 32.8 Å². The molecular weight excluding hydrogens is 458 g/mol. The molecule has 2 aromatic rings. The maximum absolute atomic E-state index is 14.1. The largest absolute Gasteiger partial charge is 0.504 e. The number of phenols is 2. The molecule has 1 aliphatic carbocycles. The smallest absolute Gasteiger partial charge is 0.250 e. The Labute approximate surface area is 209 Å². The van der Waals surface area contributed by atoms with Crippen LogP contribution in [0.5, 0.6) is 11.5 Å². The van der Waals surface area contributed by atoms with Gasteiger partial charge >= 0.3 is 0 Å². The van der Waals surface area contributed by atoms with Gasteiger partial charge in [0.15, 0.2) is 11.5 Å². The molecule has 8 nitrogen and oxygen atoms in total. The van der Waals surface area contributed by atoms with Gasteiger partial charge in [0.2, 0.25) is 17.7 Å². The van der Waals surface area contributed by atoms with E-state index in [1.807, 2.05) is 25.1 Å². The van der Waals surface area contributed by atoms with Crippen LogP contribution in [0.15, 0.2) is 36.4 Å². The van der Waals surface area contributed by atoms with Crippen molar-refractivity contribution in [1.82, 2.24) is 10.2 Å². The molecule has 36 heavy (non-hydrogen) atoms. The van der Waals surface area contributed by atoms with Crippen LogP contribution in [0.25, 0.3) is 0 Å². The Morgan fingerprint density at radius 2 is 1.69 bits per heavy atom. The zero-order valence-electron chi connectivity index (χ0n) is 20.3. The summed E-state index contributed by atoms with van der Waals surface area (Å²) < 4.78 is 0. The number of anilines is 1. The number of fused-ring (bicyclic) bond motifs is 4. The number of likely N-dealkylation sites (tertiary alicyclic amines) is 1. The summed E-state index contributed by atoms with van der Waals surface area (Å²) >= 11 is 0. The second-order valence-electron chi connectivity index (χ2n) is 10.6. The summed E-state index contributed by atoms with van der Waals surface area (Å²) in [5.41, 5.74) is 1.82. The minimum Gasteiger partial charge on any atom is -0.504 e. The molecule has 1 spiro atoms. The zero-order valence-corrected chi connectivity index (χ0v) is 20.3. The number of nitrogens with zero attached hydrogens (tertiary/aromatic N) is 1. The van der Waals surface area contributed by atoms with E-state index < -0.39 is 23.4 Å². The highest BCUT2D eigenvalue weighted by molar-refractivity contribution is 6.15. The molecule has 4 aliphatic rings. The lowest BCUT2D eigenvalue weighted by Gasteiger charge is -2.34. The SMILES string of the molecule is CCc1ccc2c(c1)[C@@]1(N[C@@H](Cc3ccc(O)c(O)c3)[C@H]3C(=O)N(C4CCCCC4)C(=O)[C@H]31)C(=O)N2. The third kappa shape index (κ3) is 3.20. The minimum absolute atomic E-state index is 0.120. The van der Waals surface area contributed by atoms with Crippen LogP contribution in [0.1, 0.15) is 55.7 Å². The lowest BCUT2D eigenvalue weighted by atomic mass is 9.76. The monoisotopic (exact) mass is 489 g/mol. The van der Waals surface area contributed by atoms with Gasteiger partial charge in [0.05, 0.1) is 11.8 Å². The molecule has 0 bridgehead atoms. The van der Waals surface area contributed by atoms with Gasteiger partial charge in [0, 0.05) is 23.3 Å². The van der Waals surface area contributed by atoms with E-state index >= 15 is 0 Å². The molecule has 2 aromatic carbocycles. The van der Waals surface area contributed by atoms with E-state index in [4.69, 9.17) is 0 Å². The molecular formula is C28H31N3O5. The van der Waals surface area contributed by atoms with Gasteiger partial charge in [-0.05, 0) is 55.0 Å². The summed E-state index contributed by atoms with van der Waals surface area (Å²) in [7, 11) is 0. The second-order valence-corrected chi connectivity index (χ2v) is 10.6. The van der Waals surface area contributed by atoms with E-state index in [-0.39, 0.29) is 35.3 Å². The standard InChI is InChI=1S/C28H31N3O5/c1-2-15-8-10-19-18(12-15)28(27(36)29-19)24-23(20(30-28)13-16-9-11-21(32)22(33)14-16)25(34)31(26(24)35)17-6-4-3-5-7-17/h8-12,14,17,20,23-24,30,32-33H,2-7,13H2,1H3,(H,29,36)/t20-,23+,24-,28-/m0/s1. The van der Waals surface area contributed by atoms with Crippen LogP contribution < -0.4 is 10.6 Å². The predicted octanol–water partition coefficient (Wildman–Crippen LogP) is 2.96. The number of hydrogen-bond donors (Lipinski definition) is 4. The number of amides is 3. The van der Waals surface area contributed by atoms with Gasteiger partial charge < -0.3 is 15.5 Å². The summed E-state index contributed by atoms with van der Waals surface area (Å²) in [6.07, 6.45) is 5.79. The van der Waals surface area contributed by atoms with Crippen LogP contribution in [-0.4, -0.2) is 44.9 Å². The van der Waals surface area contributed by atoms with Gasteiger partial charge in [-0.25, -0.2) is 0 Å². The van der Waals surface area contributed by atoms with E-state index in [1.54, 1.807) is 6.07 Å². The lowest BCUT2D eigenvalue weighted by Crippen LogP contribution is -2.54. The Balaban J connectivity index is 1.46. The van der Waals surface area contributed by atoms with Gasteiger partial charge in [-0.15, -0.1) is 0 Å². The number of rotatable bonds is 4. The average molecular weight is 490 g/mol. The van der Waals surface area contributed by atoms with E-state index in [2.05, 4.69) is 10.6 Å². The van der Waals surface area contributed by atoms with Crippen molar-refractivity contribution in [1.29, 1.82) is 0 Å². The number of aryl methyl sites for hydroxylation is 1. The number of aromatic hydroxyl groups is 2. The molecule has 0 radical (unpaired) electrons. The number of hydrogen-bond acceptors (Lipinski definition) is 6. The number of benzene rings is 2. The quantitative estimate of drug-likeness (QED) is 0.387. The lowest BCUT2D eigenvalue weighted by molar-refractivity contribution is -0.146. The van der Waals surface area contributed by atoms with E-state index in [1.165, 1.54) is 17.0 Å². The summed E-state index contributed by atoms with van der Waals surface area (Å²) in [4.78, 5) is 43.2. The molecule has 3 heterocycles. The predicted molar refractivity (Wildman–Crippen MR) is 132 cm³/mol. The third-order valence-electron chi connectivity index (χ3n) is 8.66. The topological polar surface area (TPSA) is 119 Å². The fourth-order valence-corrected chi connectivity index (χ4v) is 6.92. The van der Waals surface area contributed by atoms with E-state index in [0.717, 1.165) is 49.7 Å². The van der Waals surface area contributed by atoms with E-state index in [0.29, 0.717) is 17.7 Å². The maximum atomic E-state index is 14.1. The Bertz CT molecular complexity index is 1270. The molecule has 2 saturated heterocycles. The highest BCUT2D eigenvalue weighted by Crippen LogP contribution is 2.54. The second kappa shape index (κ2) is 8.34. The van der Waals surface area contributed by atoms with Crippen molar-refractivity contribution < 1.29 is 24.6 Å². The first-order valence-corrected chi connectivity index (χ1v) is 13.0. The Kier molecular flexibility index (Phi) is 5.33. The normalized spacial score (nSPS) is 29.6. The number of imide groups is 1. The summed E-state index contributed by atoms with van der Waals surface area (Å²) in [5.74, 6) is -2.77. The van der Waals surface area contributed by atoms with Crippen LogP contribution in [0.2, 0.25) is 0 Å². The van der Waals surface area contributed by atoms with Crippen molar-refractivity contribution in [3.8, 4) is 11.5 Å². The fourth-order valence-electron chi connectivity index (χ4n) is 6.92. The van der Waals surface area contributed by atoms with E-state index in [9.17, 15) is 24.6 Å². The minimum atomic E-state index is -1.33. The van der Waals surface area contributed by atoms with Crippen LogP contribution in [0.4, 0.5) is 5.69 Å². The van der Waals surface area contributed by atoms with Gasteiger partial charge in [0.1, 0.15) is 5.54 Å². The first-order valence-electron chi connectivity index (χ1n) is 13.0. The number of carbonyl (C=O) groups excluding carboxylic acids is 3. The summed E-state index contributed by atoms with van der Waals surface area (Å²) in [5, 5.41) is 26.2. The van der Waals surface area contributed by atoms with Gasteiger partial charge in [-0.1, -0.05) is 44.4 Å². The Morgan fingerprint density at radius 3 is 2.42 bits per heavy atom. The van der Waals surface area contributed by atoms with Gasteiger partial charge in [-0.2, -0.15) is 0 Å². The number of carbonyl (C=O) groups is 3. The van der Waals surface area contributed by atoms with Crippen molar-refractivity contribution in [2.45, 2.75) is 69.5 Å². The van der Waals surface area contributed by atoms with Crippen molar-refractivity contribution in [2.24, 2.45) is 11.8 Å². The van der Waals surface area contributed by atoms with Crippen LogP contribution >= 0.6 is 0 Å². The molecule has 188 valence electrons. The molecule has 3 fully saturated rings. The van der Waals surface area contributed by atoms with Crippen molar-refractivity contribution >= 4 is 23.4 Å². The van der Waals surface area contributed by atoms with Crippen LogP contribution in [0.3, 0.4) is 0 Å².